The van der Waals surface area contributed by atoms with E-state index < -0.39 is 8.07 Å². The number of ether oxygens (including phenoxy) is 6. The van der Waals surface area contributed by atoms with E-state index >= 15 is 0 Å². The Bertz CT molecular complexity index is 3830. The topological polar surface area (TPSA) is 170 Å². The van der Waals surface area contributed by atoms with E-state index in [9.17, 15) is 28.8 Å². The van der Waals surface area contributed by atoms with Crippen molar-refractivity contribution in [1.29, 1.82) is 0 Å². The summed E-state index contributed by atoms with van der Waals surface area (Å²) < 4.78 is 29.5. The zero-order valence-electron chi connectivity index (χ0n) is 84.8. The molecule has 0 bridgehead atoms. The van der Waals surface area contributed by atoms with Crippen molar-refractivity contribution in [3.63, 3.8) is 0 Å². The Morgan fingerprint density at radius 2 is 0.754 bits per heavy atom. The molecular weight excluding hydrogens is 1600 g/mol. The number of methoxy groups -OCH3 is 1. The van der Waals surface area contributed by atoms with Crippen LogP contribution in [0.15, 0.2) is 242 Å². The number of allylic oxidation sites excluding steroid dienone is 1. The summed E-state index contributed by atoms with van der Waals surface area (Å²) in [7, 11) is 0.721. The number of carbonyl (C=O) groups excluding carboxylic acids is 6. The Balaban J connectivity index is -0.000000432. The van der Waals surface area contributed by atoms with Crippen LogP contribution in [0.1, 0.15) is 302 Å². The van der Waals surface area contributed by atoms with E-state index in [1.54, 1.807) is 7.11 Å². The van der Waals surface area contributed by atoms with E-state index in [0.717, 1.165) is 55.9 Å². The van der Waals surface area contributed by atoms with E-state index in [2.05, 4.69) is 326 Å². The predicted molar refractivity (Wildman–Crippen MR) is 547 cm³/mol. The van der Waals surface area contributed by atoms with Crippen LogP contribution in [0.25, 0.3) is 11.1 Å². The molecule has 0 unspecified atom stereocenters. The maximum Gasteiger partial charge on any atom is 0.304 e. The van der Waals surface area contributed by atoms with Crippen molar-refractivity contribution in [2.45, 2.75) is 324 Å². The van der Waals surface area contributed by atoms with Gasteiger partial charge in [-0.3, -0.25) is 29.0 Å². The van der Waals surface area contributed by atoms with Gasteiger partial charge in [0.1, 0.15) is 30.3 Å². The fraction of sp³-hybridized carbons (Fsp3) is 0.486. The third-order valence-corrected chi connectivity index (χ3v) is 28.1. The number of nitrogens with zero attached hydrogens (tertiary/aromatic N) is 1. The van der Waals surface area contributed by atoms with Crippen LogP contribution >= 0.6 is 0 Å². The van der Waals surface area contributed by atoms with Crippen molar-refractivity contribution in [2.24, 2.45) is 10.4 Å². The Kier molecular flexibility index (Phi) is 73.9. The first-order valence-electron chi connectivity index (χ1n) is 45.7. The zero-order chi connectivity index (χ0) is 97.2. The van der Waals surface area contributed by atoms with Gasteiger partial charge < -0.3 is 33.2 Å². The summed E-state index contributed by atoms with van der Waals surface area (Å²) in [5.41, 5.74) is 12.9. The highest BCUT2D eigenvalue weighted by atomic mass is 28.3. The van der Waals surface area contributed by atoms with Gasteiger partial charge in [0, 0.05) is 63.5 Å². The average molecular weight is 1770 g/mol. The van der Waals surface area contributed by atoms with Crippen molar-refractivity contribution >= 4 is 59.9 Å². The Morgan fingerprint density at radius 1 is 0.437 bits per heavy atom. The van der Waals surface area contributed by atoms with Gasteiger partial charge >= 0.3 is 29.8 Å². The molecule has 0 spiro atoms. The van der Waals surface area contributed by atoms with E-state index in [4.69, 9.17) is 23.7 Å². The van der Waals surface area contributed by atoms with Gasteiger partial charge in [0.05, 0.1) is 13.7 Å². The minimum atomic E-state index is -0.859. The number of esters is 5. The average Bonchev–Trinajstić information content (AvgIpc) is 1.56. The SMILES string of the molecule is C=CCCC.C=NCOC(C)=O.CC.CC(=O)OCC1c2ccccc2-c2ccccc21.CC(=O)OCc1ccccc1.CC(C)(C)C.CC(C)(C)[Si](C)(C)C.CC(C)=O.CC(c1ccccc1)(c1ccccc1)c1ccccc1.CCC.CCC(CC)(CC)OC(C)=O.CCC(CC)(CC)[SiH2]CCOC(C)=O.CCc1ccc(OC)cc1.CCc1ccccc1. The van der Waals surface area contributed by atoms with Crippen LogP contribution in [0, 0.1) is 5.41 Å². The highest BCUT2D eigenvalue weighted by molar-refractivity contribution is 6.78. The summed E-state index contributed by atoms with van der Waals surface area (Å²) in [5, 5.41) is 1.19. The standard InChI is InChI=1S/C20H18.C16H14O2.C11H24O2Si.C9H10O2.C9H18O2.C9H12O.C8H10.C7H18Si.C5H12.C5H10.C4H7NO2.C3H6O.C3H8.C2H6/c1-20(17-11-5-2-6-12-17,18-13-7-3-8-14-18)19-15-9-4-10-16-19;1-11(17)18-10-16-14-8-4-2-6-12(14)13-7-3-5-9-15(13)16;1-5-11(6-2,7-3)14-9-8-13-10(4)12;1-8(10)11-7-9-5-3-2-4-6-9;1-5-9(6-2,7-3)11-8(4)10;1-3-8-4-6-9(10-2)7-5-8;1-2-8-6-4-3-5-7-8;1-7(2,3)8(4,5)6;1-5(2,3)4;1-3-5-4-2;1-4(6)7-3-5-2;1-3(2)4;1-3-2;1-2/h2-16H,1H3;2-9,16H,10H2,1H3;5-9,14H2,1-4H3;2-6H,7H2,1H3;5-7H2,1-4H3;4-7H,3H2,1-2H3;3-7H,2H2,1H3;1-6H3;1-4H3;3H,1,4-5H2,2H3;2-3H2,1H3;1-2H3;3H2,1-2H3;1-2H3. The smallest absolute Gasteiger partial charge is 0.304 e. The van der Waals surface area contributed by atoms with Gasteiger partial charge in [0.2, 0.25) is 0 Å². The van der Waals surface area contributed by atoms with Crippen molar-refractivity contribution in [3.8, 4) is 16.9 Å². The second-order valence-electron chi connectivity index (χ2n) is 34.1. The summed E-state index contributed by atoms with van der Waals surface area (Å²) in [6.07, 6.45) is 14.3. The lowest BCUT2D eigenvalue weighted by atomic mass is 9.71. The summed E-state index contributed by atoms with van der Waals surface area (Å²) >= 11 is 0. The Labute approximate surface area is 772 Å². The van der Waals surface area contributed by atoms with Gasteiger partial charge in [-0.05, 0) is 155 Å². The molecule has 8 aromatic rings. The molecule has 0 fully saturated rings. The van der Waals surface area contributed by atoms with Crippen molar-refractivity contribution in [2.75, 3.05) is 27.1 Å². The molecule has 0 heterocycles. The second kappa shape index (κ2) is 74.5. The van der Waals surface area contributed by atoms with Crippen LogP contribution in [0.5, 0.6) is 5.75 Å². The predicted octanol–water partition coefficient (Wildman–Crippen LogP) is 30.1. The molecular formula is C111H173NO12Si2. The van der Waals surface area contributed by atoms with Gasteiger partial charge in [-0.2, -0.15) is 0 Å². The first-order chi connectivity index (χ1) is 59.4. The van der Waals surface area contributed by atoms with Crippen molar-refractivity contribution < 1.29 is 57.2 Å². The quantitative estimate of drug-likeness (QED) is 0.0101. The lowest BCUT2D eigenvalue weighted by Gasteiger charge is -2.32. The Hall–Kier alpha value is -9.58. The van der Waals surface area contributed by atoms with Gasteiger partial charge in [-0.15, -0.1) is 6.58 Å². The number of rotatable bonds is 25. The fourth-order valence-electron chi connectivity index (χ4n) is 11.3. The van der Waals surface area contributed by atoms with E-state index in [0.29, 0.717) is 35.3 Å². The van der Waals surface area contributed by atoms with Gasteiger partial charge in [0.25, 0.3) is 0 Å². The molecule has 0 radical (unpaired) electrons. The molecule has 0 saturated carbocycles. The van der Waals surface area contributed by atoms with Gasteiger partial charge in [-0.25, -0.2) is 0 Å². The minimum absolute atomic E-state index is 0.0648. The molecule has 0 N–H and O–H groups in total. The summed E-state index contributed by atoms with van der Waals surface area (Å²) in [6.45, 7) is 71.3. The van der Waals surface area contributed by atoms with Crippen LogP contribution in [0.4, 0.5) is 0 Å². The molecule has 8 aromatic carbocycles. The minimum Gasteiger partial charge on any atom is -0.497 e. The Morgan fingerprint density at radius 3 is 1.00 bits per heavy atom. The number of Topliss-reactive ketones (excluding diaryl/α,β-unsaturated/α-hetero) is 1. The number of fused-ring (bicyclic) bond motifs is 3. The number of hydrogen-bond donors (Lipinski definition) is 0. The summed E-state index contributed by atoms with van der Waals surface area (Å²) in [6, 6.07) is 78.1. The monoisotopic (exact) mass is 1770 g/mol. The van der Waals surface area contributed by atoms with E-state index in [-0.39, 0.29) is 68.8 Å². The van der Waals surface area contributed by atoms with Crippen LogP contribution in [-0.2, 0) is 77.3 Å². The number of benzene rings is 8. The highest BCUT2D eigenvalue weighted by Crippen LogP contribution is 2.45. The van der Waals surface area contributed by atoms with Crippen molar-refractivity contribution in [3.05, 3.63) is 282 Å². The number of aryl methyl sites for hydroxylation is 2. The molecule has 126 heavy (non-hydrogen) atoms. The first kappa shape index (κ1) is 125. The first-order valence-corrected chi connectivity index (χ1v) is 51.0. The third-order valence-electron chi connectivity index (χ3n) is 20.4. The molecule has 1 aliphatic rings. The number of ketones is 1. The second-order valence-corrected chi connectivity index (χ2v) is 42.8. The lowest BCUT2D eigenvalue weighted by Crippen LogP contribution is -2.32. The molecule has 0 aliphatic heterocycles. The summed E-state index contributed by atoms with van der Waals surface area (Å²) in [5.74, 6) is 0.154. The fourth-order valence-corrected chi connectivity index (χ4v) is 13.4. The molecule has 1 aliphatic carbocycles. The molecule has 702 valence electrons. The molecule has 0 aromatic heterocycles. The van der Waals surface area contributed by atoms with Crippen LogP contribution in [0.3, 0.4) is 0 Å². The maximum absolute atomic E-state index is 11.0. The zero-order valence-corrected chi connectivity index (χ0v) is 87.2. The van der Waals surface area contributed by atoms with Crippen LogP contribution < -0.4 is 4.74 Å². The van der Waals surface area contributed by atoms with E-state index in [1.807, 2.05) is 92.7 Å². The van der Waals surface area contributed by atoms with Gasteiger partial charge in [-0.1, -0.05) is 409 Å². The van der Waals surface area contributed by atoms with Crippen LogP contribution in [0.2, 0.25) is 35.8 Å². The highest BCUT2D eigenvalue weighted by Gasteiger charge is 2.32. The molecule has 9 rings (SSSR count). The maximum atomic E-state index is 11.0. The molecule has 0 atom stereocenters. The number of hydrogen-bond acceptors (Lipinski definition) is 13. The van der Waals surface area contributed by atoms with E-state index in [1.165, 1.54) is 131 Å². The lowest BCUT2D eigenvalue weighted by molar-refractivity contribution is -0.158. The number of unbranched alkanes of at least 4 members (excludes halogenated alkanes) is 1. The largest absolute Gasteiger partial charge is 0.497 e. The van der Waals surface area contributed by atoms with Gasteiger partial charge in [0.15, 0.2) is 6.73 Å². The van der Waals surface area contributed by atoms with Crippen LogP contribution in [-0.4, -0.2) is 92.6 Å². The molecule has 0 amide bonds. The molecule has 13 nitrogen and oxygen atoms in total. The summed E-state index contributed by atoms with van der Waals surface area (Å²) in [4.78, 5) is 65.3. The third kappa shape index (κ3) is 61.7. The van der Waals surface area contributed by atoms with Crippen molar-refractivity contribution in [1.82, 2.24) is 0 Å². The molecule has 15 heteroatoms. The number of aliphatic imine (C=N–C) groups is 1. The molecule has 0 saturated heterocycles. The normalized spacial score (nSPS) is 10.6. The number of carbonyl (C=O) groups is 6.